The zero-order chi connectivity index (χ0) is 18.5. The van der Waals surface area contributed by atoms with Gasteiger partial charge in [-0.05, 0) is 51.0 Å². The minimum atomic E-state index is 0.628. The number of anilines is 1. The van der Waals surface area contributed by atoms with Crippen molar-refractivity contribution in [2.45, 2.75) is 27.7 Å². The van der Waals surface area contributed by atoms with Crippen LogP contribution >= 0.6 is 11.3 Å². The Morgan fingerprint density at radius 1 is 1.15 bits per heavy atom. The molecule has 134 valence electrons. The number of aryl methyl sites for hydroxylation is 3. The highest BCUT2D eigenvalue weighted by Gasteiger charge is 2.10. The Morgan fingerprint density at radius 2 is 1.88 bits per heavy atom. The first-order valence-electron chi connectivity index (χ1n) is 8.63. The standard InChI is InChI=1S/C21H23N3OS/c1-5-25-19-9-7-6-8-17(19)12-22-24-21-23-18(13-26-21)20-15(3)10-14(2)11-16(20)4/h6-13H,5H2,1-4H3,(H,23,24)/b22-12-. The molecule has 1 aromatic heterocycles. The Kier molecular flexibility index (Phi) is 5.68. The summed E-state index contributed by atoms with van der Waals surface area (Å²) in [4.78, 5) is 4.68. The summed E-state index contributed by atoms with van der Waals surface area (Å²) >= 11 is 1.55. The van der Waals surface area contributed by atoms with E-state index in [1.807, 2.05) is 31.2 Å². The summed E-state index contributed by atoms with van der Waals surface area (Å²) in [5.41, 5.74) is 9.90. The maximum absolute atomic E-state index is 5.61. The number of thiazole rings is 1. The smallest absolute Gasteiger partial charge is 0.203 e. The molecule has 0 saturated heterocycles. The number of hydrazone groups is 1. The molecule has 1 N–H and O–H groups in total. The van der Waals surface area contributed by atoms with Crippen LogP contribution in [0.4, 0.5) is 5.13 Å². The second-order valence-electron chi connectivity index (χ2n) is 6.15. The van der Waals surface area contributed by atoms with Crippen LogP contribution in [0.2, 0.25) is 0 Å². The zero-order valence-corrected chi connectivity index (χ0v) is 16.4. The molecule has 2 aromatic carbocycles. The quantitative estimate of drug-likeness (QED) is 0.458. The Labute approximate surface area is 158 Å². The van der Waals surface area contributed by atoms with Crippen LogP contribution in [0.1, 0.15) is 29.2 Å². The van der Waals surface area contributed by atoms with Gasteiger partial charge in [0.05, 0.1) is 18.5 Å². The van der Waals surface area contributed by atoms with Crippen molar-refractivity contribution in [3.05, 3.63) is 64.0 Å². The van der Waals surface area contributed by atoms with Crippen LogP contribution in [-0.2, 0) is 0 Å². The highest BCUT2D eigenvalue weighted by molar-refractivity contribution is 7.14. The Bertz CT molecular complexity index is 908. The molecular weight excluding hydrogens is 342 g/mol. The second kappa shape index (κ2) is 8.15. The zero-order valence-electron chi connectivity index (χ0n) is 15.5. The highest BCUT2D eigenvalue weighted by atomic mass is 32.1. The van der Waals surface area contributed by atoms with Gasteiger partial charge in [-0.2, -0.15) is 5.10 Å². The van der Waals surface area contributed by atoms with Gasteiger partial charge in [0.2, 0.25) is 5.13 Å². The number of nitrogens with one attached hydrogen (secondary N) is 1. The van der Waals surface area contributed by atoms with Crippen molar-refractivity contribution in [1.82, 2.24) is 4.98 Å². The normalized spacial score (nSPS) is 11.1. The van der Waals surface area contributed by atoms with Crippen molar-refractivity contribution in [3.8, 4) is 17.0 Å². The average molecular weight is 366 g/mol. The summed E-state index contributed by atoms with van der Waals surface area (Å²) in [6.45, 7) is 8.98. The first kappa shape index (κ1) is 18.1. The molecule has 0 radical (unpaired) electrons. The van der Waals surface area contributed by atoms with E-state index in [0.29, 0.717) is 6.61 Å². The largest absolute Gasteiger partial charge is 0.493 e. The van der Waals surface area contributed by atoms with E-state index in [4.69, 9.17) is 4.74 Å². The van der Waals surface area contributed by atoms with Gasteiger partial charge in [0.25, 0.3) is 0 Å². The molecule has 0 aliphatic heterocycles. The van der Waals surface area contributed by atoms with Gasteiger partial charge < -0.3 is 4.74 Å². The molecule has 3 aromatic rings. The molecule has 0 amide bonds. The average Bonchev–Trinajstić information content (AvgIpc) is 3.04. The van der Waals surface area contributed by atoms with E-state index in [0.717, 1.165) is 22.1 Å². The van der Waals surface area contributed by atoms with Crippen molar-refractivity contribution in [3.63, 3.8) is 0 Å². The maximum Gasteiger partial charge on any atom is 0.203 e. The van der Waals surface area contributed by atoms with E-state index >= 15 is 0 Å². The fourth-order valence-electron chi connectivity index (χ4n) is 3.06. The molecule has 0 atom stereocenters. The Morgan fingerprint density at radius 3 is 2.62 bits per heavy atom. The van der Waals surface area contributed by atoms with E-state index in [9.17, 15) is 0 Å². The van der Waals surface area contributed by atoms with E-state index in [-0.39, 0.29) is 0 Å². The van der Waals surface area contributed by atoms with E-state index in [1.165, 1.54) is 22.3 Å². The lowest BCUT2D eigenvalue weighted by atomic mass is 9.98. The lowest BCUT2D eigenvalue weighted by molar-refractivity contribution is 0.340. The molecule has 0 bridgehead atoms. The van der Waals surface area contributed by atoms with Gasteiger partial charge in [0.15, 0.2) is 0 Å². The third-order valence-corrected chi connectivity index (χ3v) is 4.77. The molecular formula is C21H23N3OS. The number of ether oxygens (including phenoxy) is 1. The number of rotatable bonds is 6. The van der Waals surface area contributed by atoms with Gasteiger partial charge in [-0.25, -0.2) is 4.98 Å². The van der Waals surface area contributed by atoms with E-state index in [2.05, 4.69) is 53.8 Å². The van der Waals surface area contributed by atoms with Crippen molar-refractivity contribution in [2.75, 3.05) is 12.0 Å². The van der Waals surface area contributed by atoms with Gasteiger partial charge in [-0.15, -0.1) is 11.3 Å². The van der Waals surface area contributed by atoms with Gasteiger partial charge in [-0.1, -0.05) is 29.8 Å². The number of benzene rings is 2. The van der Waals surface area contributed by atoms with Crippen LogP contribution in [0.5, 0.6) is 5.75 Å². The molecule has 0 saturated carbocycles. The van der Waals surface area contributed by atoms with Crippen LogP contribution in [0.15, 0.2) is 46.9 Å². The number of hydrogen-bond donors (Lipinski definition) is 1. The van der Waals surface area contributed by atoms with Crippen LogP contribution in [0, 0.1) is 20.8 Å². The van der Waals surface area contributed by atoms with Gasteiger partial charge in [0.1, 0.15) is 5.75 Å². The molecule has 4 nitrogen and oxygen atoms in total. The minimum absolute atomic E-state index is 0.628. The van der Waals surface area contributed by atoms with Crippen molar-refractivity contribution in [2.24, 2.45) is 5.10 Å². The summed E-state index contributed by atoms with van der Waals surface area (Å²) in [5, 5.41) is 7.15. The molecule has 3 rings (SSSR count). The summed E-state index contributed by atoms with van der Waals surface area (Å²) in [6.07, 6.45) is 1.76. The fourth-order valence-corrected chi connectivity index (χ4v) is 3.71. The first-order valence-corrected chi connectivity index (χ1v) is 9.51. The van der Waals surface area contributed by atoms with Crippen molar-refractivity contribution < 1.29 is 4.74 Å². The van der Waals surface area contributed by atoms with E-state index < -0.39 is 0 Å². The Hall–Kier alpha value is -2.66. The summed E-state index contributed by atoms with van der Waals surface area (Å²) in [5.74, 6) is 0.825. The van der Waals surface area contributed by atoms with Crippen molar-refractivity contribution >= 4 is 22.7 Å². The van der Waals surface area contributed by atoms with Crippen molar-refractivity contribution in [1.29, 1.82) is 0 Å². The fraction of sp³-hybridized carbons (Fsp3) is 0.238. The van der Waals surface area contributed by atoms with Crippen LogP contribution in [0.25, 0.3) is 11.3 Å². The minimum Gasteiger partial charge on any atom is -0.493 e. The third-order valence-electron chi connectivity index (χ3n) is 4.02. The van der Waals surface area contributed by atoms with Gasteiger partial charge in [0, 0.05) is 16.5 Å². The topological polar surface area (TPSA) is 46.5 Å². The predicted molar refractivity (Wildman–Crippen MR) is 111 cm³/mol. The summed E-state index contributed by atoms with van der Waals surface area (Å²) in [6, 6.07) is 12.2. The van der Waals surface area contributed by atoms with Gasteiger partial charge in [-0.3, -0.25) is 5.43 Å². The lowest BCUT2D eigenvalue weighted by Crippen LogP contribution is -1.97. The molecule has 0 unspecified atom stereocenters. The third kappa shape index (κ3) is 4.11. The van der Waals surface area contributed by atoms with Crippen LogP contribution in [-0.4, -0.2) is 17.8 Å². The number of para-hydroxylation sites is 1. The number of nitrogens with zero attached hydrogens (tertiary/aromatic N) is 2. The van der Waals surface area contributed by atoms with Crippen LogP contribution < -0.4 is 10.2 Å². The SMILES string of the molecule is CCOc1ccccc1/C=N\Nc1nc(-c2c(C)cc(C)cc2C)cs1. The Balaban J connectivity index is 1.76. The molecule has 0 aliphatic rings. The predicted octanol–water partition coefficient (Wildman–Crippen LogP) is 5.58. The summed E-state index contributed by atoms with van der Waals surface area (Å²) in [7, 11) is 0. The molecule has 26 heavy (non-hydrogen) atoms. The number of hydrogen-bond acceptors (Lipinski definition) is 5. The van der Waals surface area contributed by atoms with Gasteiger partial charge >= 0.3 is 0 Å². The highest BCUT2D eigenvalue weighted by Crippen LogP contribution is 2.31. The van der Waals surface area contributed by atoms with E-state index in [1.54, 1.807) is 17.6 Å². The first-order chi connectivity index (χ1) is 12.6. The number of aromatic nitrogens is 1. The molecule has 0 aliphatic carbocycles. The lowest BCUT2D eigenvalue weighted by Gasteiger charge is -2.08. The van der Waals surface area contributed by atoms with Crippen LogP contribution in [0.3, 0.4) is 0 Å². The maximum atomic E-state index is 5.61. The molecule has 0 spiro atoms. The molecule has 5 heteroatoms. The molecule has 0 fully saturated rings. The molecule has 1 heterocycles. The monoisotopic (exact) mass is 365 g/mol. The second-order valence-corrected chi connectivity index (χ2v) is 7.01. The summed E-state index contributed by atoms with van der Waals surface area (Å²) < 4.78 is 5.61.